The maximum atomic E-state index is 5.63. The molecule has 2 aromatic heterocycles. The molecule has 4 N–H and O–H groups in total. The lowest BCUT2D eigenvalue weighted by Gasteiger charge is -2.14. The van der Waals surface area contributed by atoms with E-state index in [0.717, 1.165) is 5.82 Å². The van der Waals surface area contributed by atoms with E-state index in [4.69, 9.17) is 5.73 Å². The molecule has 0 radical (unpaired) electrons. The second kappa shape index (κ2) is 5.01. The summed E-state index contributed by atoms with van der Waals surface area (Å²) in [5, 5.41) is 10.4. The largest absolute Gasteiger partial charge is 0.373 e. The number of hydrogen-bond acceptors (Lipinski definition) is 6. The van der Waals surface area contributed by atoms with E-state index in [1.54, 1.807) is 18.4 Å². The monoisotopic (exact) mass is 249 g/mol. The van der Waals surface area contributed by atoms with Crippen molar-refractivity contribution >= 4 is 28.9 Å². The van der Waals surface area contributed by atoms with Gasteiger partial charge in [0.15, 0.2) is 0 Å². The number of hydrogen-bond donors (Lipinski definition) is 3. The van der Waals surface area contributed by atoms with E-state index in [-0.39, 0.29) is 12.0 Å². The Bertz CT molecular complexity index is 483. The number of aromatic nitrogens is 2. The van der Waals surface area contributed by atoms with Crippen molar-refractivity contribution in [3.63, 3.8) is 0 Å². The van der Waals surface area contributed by atoms with Gasteiger partial charge in [0.25, 0.3) is 0 Å². The maximum Gasteiger partial charge on any atom is 0.223 e. The third-order valence-corrected chi connectivity index (χ3v) is 3.11. The van der Waals surface area contributed by atoms with E-state index in [1.165, 1.54) is 5.56 Å². The van der Waals surface area contributed by atoms with Gasteiger partial charge in [-0.3, -0.25) is 0 Å². The Morgan fingerprint density at radius 3 is 2.76 bits per heavy atom. The average molecular weight is 249 g/mol. The number of nitrogens with one attached hydrogen (secondary N) is 2. The van der Waals surface area contributed by atoms with E-state index < -0.39 is 0 Å². The quantitative estimate of drug-likeness (QED) is 0.775. The van der Waals surface area contributed by atoms with Gasteiger partial charge in [-0.2, -0.15) is 21.3 Å². The fourth-order valence-electron chi connectivity index (χ4n) is 1.49. The Kier molecular flexibility index (Phi) is 3.43. The van der Waals surface area contributed by atoms with Gasteiger partial charge >= 0.3 is 0 Å². The smallest absolute Gasteiger partial charge is 0.223 e. The van der Waals surface area contributed by atoms with E-state index in [2.05, 4.69) is 44.4 Å². The van der Waals surface area contributed by atoms with E-state index in [1.807, 2.05) is 6.07 Å². The van der Waals surface area contributed by atoms with Crippen molar-refractivity contribution in [2.45, 2.75) is 13.0 Å². The molecule has 0 aliphatic carbocycles. The molecule has 0 bridgehead atoms. The van der Waals surface area contributed by atoms with Gasteiger partial charge in [0.1, 0.15) is 11.6 Å². The molecule has 17 heavy (non-hydrogen) atoms. The first-order valence-electron chi connectivity index (χ1n) is 5.30. The highest BCUT2D eigenvalue weighted by atomic mass is 32.1. The highest BCUT2D eigenvalue weighted by Crippen LogP contribution is 2.21. The van der Waals surface area contributed by atoms with Gasteiger partial charge in [0, 0.05) is 13.1 Å². The number of nitrogens with two attached hydrogens (primary N) is 1. The van der Waals surface area contributed by atoms with Crippen molar-refractivity contribution in [3.05, 3.63) is 28.5 Å². The maximum absolute atomic E-state index is 5.63. The molecule has 0 aromatic carbocycles. The molecular weight excluding hydrogens is 234 g/mol. The topological polar surface area (TPSA) is 75.9 Å². The minimum Gasteiger partial charge on any atom is -0.373 e. The van der Waals surface area contributed by atoms with Crippen LogP contribution in [0.15, 0.2) is 22.9 Å². The third-order valence-electron chi connectivity index (χ3n) is 2.41. The van der Waals surface area contributed by atoms with Gasteiger partial charge in [-0.15, -0.1) is 0 Å². The van der Waals surface area contributed by atoms with Gasteiger partial charge in [0.2, 0.25) is 5.95 Å². The minimum atomic E-state index is 0.195. The molecule has 1 atom stereocenters. The highest BCUT2D eigenvalue weighted by molar-refractivity contribution is 7.07. The van der Waals surface area contributed by atoms with Crippen LogP contribution in [-0.4, -0.2) is 17.0 Å². The zero-order chi connectivity index (χ0) is 12.3. The molecule has 2 aromatic rings. The van der Waals surface area contributed by atoms with Gasteiger partial charge < -0.3 is 16.4 Å². The first-order valence-corrected chi connectivity index (χ1v) is 6.24. The van der Waals surface area contributed by atoms with Gasteiger partial charge in [0.05, 0.1) is 6.04 Å². The summed E-state index contributed by atoms with van der Waals surface area (Å²) in [6.45, 7) is 2.08. The van der Waals surface area contributed by atoms with Crippen LogP contribution < -0.4 is 16.4 Å². The van der Waals surface area contributed by atoms with E-state index >= 15 is 0 Å². The Morgan fingerprint density at radius 1 is 1.35 bits per heavy atom. The molecule has 0 fully saturated rings. The number of rotatable bonds is 4. The Morgan fingerprint density at radius 2 is 2.12 bits per heavy atom. The molecule has 5 nitrogen and oxygen atoms in total. The fourth-order valence-corrected chi connectivity index (χ4v) is 2.25. The van der Waals surface area contributed by atoms with Gasteiger partial charge in [-0.05, 0) is 29.3 Å². The summed E-state index contributed by atoms with van der Waals surface area (Å²) in [6.07, 6.45) is 0. The normalized spacial score (nSPS) is 12.1. The van der Waals surface area contributed by atoms with Crippen molar-refractivity contribution in [1.29, 1.82) is 0 Å². The van der Waals surface area contributed by atoms with Crippen LogP contribution in [0.2, 0.25) is 0 Å². The zero-order valence-corrected chi connectivity index (χ0v) is 10.6. The summed E-state index contributed by atoms with van der Waals surface area (Å²) >= 11 is 1.68. The first kappa shape index (κ1) is 11.7. The van der Waals surface area contributed by atoms with Crippen LogP contribution in [0.4, 0.5) is 17.6 Å². The van der Waals surface area contributed by atoms with E-state index in [0.29, 0.717) is 5.82 Å². The van der Waals surface area contributed by atoms with Crippen LogP contribution in [-0.2, 0) is 0 Å². The lowest BCUT2D eigenvalue weighted by atomic mass is 10.2. The molecule has 1 unspecified atom stereocenters. The molecule has 0 amide bonds. The minimum absolute atomic E-state index is 0.195. The summed E-state index contributed by atoms with van der Waals surface area (Å²) in [7, 11) is 1.80. The average Bonchev–Trinajstić information content (AvgIpc) is 2.81. The predicted octanol–water partition coefficient (Wildman–Crippen LogP) is 2.34. The van der Waals surface area contributed by atoms with Crippen molar-refractivity contribution in [2.24, 2.45) is 0 Å². The van der Waals surface area contributed by atoms with Crippen molar-refractivity contribution in [3.8, 4) is 0 Å². The van der Waals surface area contributed by atoms with Gasteiger partial charge in [-0.1, -0.05) is 0 Å². The fraction of sp³-hybridized carbons (Fsp3) is 0.273. The second-order valence-corrected chi connectivity index (χ2v) is 4.45. The molecule has 0 aliphatic rings. The SMILES string of the molecule is CNc1cc(NC(C)c2ccsc2)nc(N)n1. The molecule has 0 spiro atoms. The summed E-state index contributed by atoms with van der Waals surface area (Å²) < 4.78 is 0. The van der Waals surface area contributed by atoms with Crippen molar-refractivity contribution < 1.29 is 0 Å². The number of anilines is 3. The molecule has 2 heterocycles. The molecular formula is C11H15N5S. The molecule has 2 rings (SSSR count). The molecule has 6 heteroatoms. The van der Waals surface area contributed by atoms with Crippen LogP contribution in [0.5, 0.6) is 0 Å². The summed E-state index contributed by atoms with van der Waals surface area (Å²) in [5.41, 5.74) is 6.86. The molecule has 0 saturated heterocycles. The number of nitrogens with zero attached hydrogens (tertiary/aromatic N) is 2. The summed E-state index contributed by atoms with van der Waals surface area (Å²) in [4.78, 5) is 8.19. The van der Waals surface area contributed by atoms with Gasteiger partial charge in [-0.25, -0.2) is 0 Å². The van der Waals surface area contributed by atoms with Crippen molar-refractivity contribution in [1.82, 2.24) is 9.97 Å². The molecule has 90 valence electrons. The number of thiophene rings is 1. The predicted molar refractivity (Wildman–Crippen MR) is 72.3 cm³/mol. The standard InChI is InChI=1S/C11H15N5S/c1-7(8-3-4-17-6-8)14-10-5-9(13-2)15-11(12)16-10/h3-7H,1-2H3,(H4,12,13,14,15,16). The summed E-state index contributed by atoms with van der Waals surface area (Å²) in [5.74, 6) is 1.69. The van der Waals surface area contributed by atoms with Crippen LogP contribution in [0.25, 0.3) is 0 Å². The van der Waals surface area contributed by atoms with Crippen LogP contribution in [0.1, 0.15) is 18.5 Å². The highest BCUT2D eigenvalue weighted by Gasteiger charge is 2.08. The Balaban J connectivity index is 2.15. The second-order valence-electron chi connectivity index (χ2n) is 3.67. The molecule has 0 aliphatic heterocycles. The Hall–Kier alpha value is -1.82. The zero-order valence-electron chi connectivity index (χ0n) is 9.77. The Labute approximate surface area is 104 Å². The third kappa shape index (κ3) is 2.85. The summed E-state index contributed by atoms with van der Waals surface area (Å²) in [6, 6.07) is 4.12. The number of nitrogen functional groups attached to an aromatic ring is 1. The first-order chi connectivity index (χ1) is 8.19. The van der Waals surface area contributed by atoms with Crippen molar-refractivity contribution in [2.75, 3.05) is 23.4 Å². The lowest BCUT2D eigenvalue weighted by Crippen LogP contribution is -2.09. The van der Waals surface area contributed by atoms with Crippen LogP contribution in [0.3, 0.4) is 0 Å². The van der Waals surface area contributed by atoms with E-state index in [9.17, 15) is 0 Å². The molecule has 0 saturated carbocycles. The van der Waals surface area contributed by atoms with Crippen LogP contribution in [0, 0.1) is 0 Å². The lowest BCUT2D eigenvalue weighted by molar-refractivity contribution is 0.878. The van der Waals surface area contributed by atoms with Crippen LogP contribution >= 0.6 is 11.3 Å².